The number of carbonyl (C=O) groups is 3. The number of carbonyl (C=O) groups excluding carboxylic acids is 3. The van der Waals surface area contributed by atoms with Crippen molar-refractivity contribution in [1.82, 2.24) is 20.4 Å². The first kappa shape index (κ1) is 25.7. The van der Waals surface area contributed by atoms with Crippen molar-refractivity contribution in [2.75, 3.05) is 32.7 Å². The summed E-state index contributed by atoms with van der Waals surface area (Å²) in [7, 11) is 0. The minimum atomic E-state index is -0.731. The van der Waals surface area contributed by atoms with Crippen LogP contribution in [-0.4, -0.2) is 72.0 Å². The molecule has 1 atom stereocenters. The fourth-order valence-electron chi connectivity index (χ4n) is 4.84. The highest BCUT2D eigenvalue weighted by molar-refractivity contribution is 6.00. The summed E-state index contributed by atoms with van der Waals surface area (Å²) in [5, 5.41) is 5.76. The molecule has 2 fully saturated rings. The number of piperazine rings is 1. The Balaban J connectivity index is 1.43. The van der Waals surface area contributed by atoms with Gasteiger partial charge in [0.25, 0.3) is 0 Å². The normalized spacial score (nSPS) is 20.1. The van der Waals surface area contributed by atoms with Crippen LogP contribution in [0.2, 0.25) is 0 Å². The van der Waals surface area contributed by atoms with Gasteiger partial charge in [-0.05, 0) is 44.1 Å². The van der Waals surface area contributed by atoms with Gasteiger partial charge in [-0.15, -0.1) is 6.58 Å². The number of likely N-dealkylation sites (tertiary alicyclic amines) is 1. The molecule has 3 rings (SSSR count). The maximum atomic E-state index is 13.3. The predicted octanol–water partition coefficient (Wildman–Crippen LogP) is 2.84. The number of unbranched alkanes of at least 4 members (excludes halogenated alkanes) is 1. The average Bonchev–Trinajstić information content (AvgIpc) is 2.85. The van der Waals surface area contributed by atoms with E-state index in [9.17, 15) is 14.4 Å². The van der Waals surface area contributed by atoms with E-state index in [2.05, 4.69) is 22.1 Å². The summed E-state index contributed by atoms with van der Waals surface area (Å²) in [6, 6.07) is 9.02. The third kappa shape index (κ3) is 6.38. The molecule has 8 nitrogen and oxygen atoms in total. The first-order valence-corrected chi connectivity index (χ1v) is 12.4. The van der Waals surface area contributed by atoms with Crippen molar-refractivity contribution in [2.24, 2.45) is 0 Å². The highest BCUT2D eigenvalue weighted by atomic mass is 16.5. The summed E-state index contributed by atoms with van der Waals surface area (Å²) in [5.74, 6) is 0.000249. The third-order valence-electron chi connectivity index (χ3n) is 6.73. The quantitative estimate of drug-likeness (QED) is 0.383. The molecule has 0 saturated carbocycles. The zero-order valence-corrected chi connectivity index (χ0v) is 20.3. The second-order valence-electron chi connectivity index (χ2n) is 9.12. The molecule has 0 bridgehead atoms. The van der Waals surface area contributed by atoms with Crippen LogP contribution in [0.3, 0.4) is 0 Å². The Labute approximate surface area is 202 Å². The van der Waals surface area contributed by atoms with Crippen molar-refractivity contribution in [2.45, 2.75) is 63.6 Å². The van der Waals surface area contributed by atoms with E-state index in [0.717, 1.165) is 38.0 Å². The predicted molar refractivity (Wildman–Crippen MR) is 131 cm³/mol. The van der Waals surface area contributed by atoms with Gasteiger partial charge in [0, 0.05) is 32.7 Å². The lowest BCUT2D eigenvalue weighted by molar-refractivity contribution is -0.161. The molecule has 2 saturated heterocycles. The van der Waals surface area contributed by atoms with E-state index in [1.165, 1.54) is 0 Å². The molecule has 1 aromatic carbocycles. The smallest absolute Gasteiger partial charge is 0.407 e. The average molecular weight is 471 g/mol. The second-order valence-corrected chi connectivity index (χ2v) is 9.12. The van der Waals surface area contributed by atoms with Gasteiger partial charge in [0.2, 0.25) is 11.8 Å². The molecule has 2 aliphatic heterocycles. The van der Waals surface area contributed by atoms with Gasteiger partial charge in [-0.3, -0.25) is 14.5 Å². The van der Waals surface area contributed by atoms with E-state index in [0.29, 0.717) is 38.8 Å². The fourth-order valence-corrected chi connectivity index (χ4v) is 4.84. The Bertz CT molecular complexity index is 836. The zero-order chi connectivity index (χ0) is 24.4. The van der Waals surface area contributed by atoms with Gasteiger partial charge in [-0.1, -0.05) is 43.3 Å². The first-order valence-electron chi connectivity index (χ1n) is 12.4. The van der Waals surface area contributed by atoms with Crippen molar-refractivity contribution < 1.29 is 19.1 Å². The highest BCUT2D eigenvalue weighted by Crippen LogP contribution is 2.33. The standard InChI is InChI=1S/C26H38N4O4/c1-3-16-29-18-13-26(14-19-29)24(32)28-22(23(31)30(26)17-4-2)12-8-9-15-27-25(33)34-20-21-10-6-5-7-11-21/h3,5-7,10-11,22H,1,4,8-9,12-20H2,2H3,(H,27,33)(H,28,32)/t22-/m0/s1. The molecule has 0 unspecified atom stereocenters. The largest absolute Gasteiger partial charge is 0.445 e. The van der Waals surface area contributed by atoms with E-state index < -0.39 is 17.7 Å². The second kappa shape index (κ2) is 12.6. The van der Waals surface area contributed by atoms with Crippen molar-refractivity contribution in [3.8, 4) is 0 Å². The van der Waals surface area contributed by atoms with Crippen molar-refractivity contribution in [3.63, 3.8) is 0 Å². The highest BCUT2D eigenvalue weighted by Gasteiger charge is 2.52. The maximum absolute atomic E-state index is 13.3. The van der Waals surface area contributed by atoms with Crippen LogP contribution in [0, 0.1) is 0 Å². The molecule has 8 heteroatoms. The molecule has 2 N–H and O–H groups in total. The summed E-state index contributed by atoms with van der Waals surface area (Å²) in [6.45, 7) is 9.49. The monoisotopic (exact) mass is 470 g/mol. The Morgan fingerprint density at radius 1 is 1.24 bits per heavy atom. The van der Waals surface area contributed by atoms with Gasteiger partial charge >= 0.3 is 6.09 Å². The Morgan fingerprint density at radius 3 is 2.65 bits per heavy atom. The molecular formula is C26H38N4O4. The first-order chi connectivity index (χ1) is 16.5. The van der Waals surface area contributed by atoms with Crippen molar-refractivity contribution >= 4 is 17.9 Å². The molecule has 3 amide bonds. The van der Waals surface area contributed by atoms with E-state index in [1.54, 1.807) is 0 Å². The van der Waals surface area contributed by atoms with E-state index >= 15 is 0 Å². The van der Waals surface area contributed by atoms with Gasteiger partial charge in [0.1, 0.15) is 18.2 Å². The number of hydrogen-bond acceptors (Lipinski definition) is 5. The number of rotatable bonds is 11. The third-order valence-corrected chi connectivity index (χ3v) is 6.73. The van der Waals surface area contributed by atoms with Crippen molar-refractivity contribution in [3.05, 3.63) is 48.6 Å². The lowest BCUT2D eigenvalue weighted by Gasteiger charge is -2.51. The number of benzene rings is 1. The van der Waals surface area contributed by atoms with Gasteiger partial charge in [-0.25, -0.2) is 4.79 Å². The molecular weight excluding hydrogens is 432 g/mol. The number of amides is 3. The lowest BCUT2D eigenvalue weighted by Crippen LogP contribution is -2.72. The van der Waals surface area contributed by atoms with Gasteiger partial charge in [-0.2, -0.15) is 0 Å². The number of nitrogens with one attached hydrogen (secondary N) is 2. The summed E-state index contributed by atoms with van der Waals surface area (Å²) in [4.78, 5) is 42.5. The molecule has 0 aliphatic carbocycles. The van der Waals surface area contributed by atoms with Crippen LogP contribution in [0.1, 0.15) is 51.0 Å². The Morgan fingerprint density at radius 2 is 1.97 bits per heavy atom. The van der Waals surface area contributed by atoms with Crippen LogP contribution in [0.15, 0.2) is 43.0 Å². The summed E-state index contributed by atoms with van der Waals surface area (Å²) in [5.41, 5.74) is 0.204. The van der Waals surface area contributed by atoms with Crippen LogP contribution >= 0.6 is 0 Å². The molecule has 34 heavy (non-hydrogen) atoms. The number of hydrogen-bond donors (Lipinski definition) is 2. The SMILES string of the molecule is C=CCN1CCC2(CC1)C(=O)N[C@@H](CCCCNC(=O)OCc1ccccc1)C(=O)N2CCC. The fraction of sp³-hybridized carbons (Fsp3) is 0.577. The molecule has 2 aliphatic rings. The maximum Gasteiger partial charge on any atom is 0.407 e. The minimum Gasteiger partial charge on any atom is -0.445 e. The van der Waals surface area contributed by atoms with Gasteiger partial charge in [0.15, 0.2) is 0 Å². The molecule has 0 radical (unpaired) electrons. The minimum absolute atomic E-state index is 0.0218. The van der Waals surface area contributed by atoms with Crippen LogP contribution < -0.4 is 10.6 Å². The van der Waals surface area contributed by atoms with Crippen LogP contribution in [0.25, 0.3) is 0 Å². The number of piperidine rings is 1. The summed E-state index contributed by atoms with van der Waals surface area (Å²) < 4.78 is 5.21. The molecule has 186 valence electrons. The zero-order valence-electron chi connectivity index (χ0n) is 20.3. The van der Waals surface area contributed by atoms with Crippen LogP contribution in [-0.2, 0) is 20.9 Å². The summed E-state index contributed by atoms with van der Waals surface area (Å²) >= 11 is 0. The molecule has 2 heterocycles. The topological polar surface area (TPSA) is 91.0 Å². The number of alkyl carbamates (subject to hydrolysis) is 1. The van der Waals surface area contributed by atoms with Gasteiger partial charge < -0.3 is 20.3 Å². The number of ether oxygens (including phenoxy) is 1. The molecule has 1 aromatic rings. The Hall–Kier alpha value is -2.87. The van der Waals surface area contributed by atoms with Crippen molar-refractivity contribution in [1.29, 1.82) is 0 Å². The number of nitrogens with zero attached hydrogens (tertiary/aromatic N) is 2. The summed E-state index contributed by atoms with van der Waals surface area (Å²) in [6.07, 6.45) is 5.53. The van der Waals surface area contributed by atoms with E-state index in [1.807, 2.05) is 48.2 Å². The molecule has 0 aromatic heterocycles. The van der Waals surface area contributed by atoms with E-state index in [4.69, 9.17) is 4.74 Å². The van der Waals surface area contributed by atoms with Crippen LogP contribution in [0.4, 0.5) is 4.79 Å². The van der Waals surface area contributed by atoms with Crippen LogP contribution in [0.5, 0.6) is 0 Å². The lowest BCUT2D eigenvalue weighted by atomic mass is 9.81. The van der Waals surface area contributed by atoms with Gasteiger partial charge in [0.05, 0.1) is 0 Å². The Kier molecular flexibility index (Phi) is 9.51. The van der Waals surface area contributed by atoms with E-state index in [-0.39, 0.29) is 18.4 Å². The molecule has 1 spiro atoms.